The molecule has 0 aliphatic carbocycles. The molecule has 1 aromatic heterocycles. The molecule has 0 aliphatic rings. The predicted octanol–water partition coefficient (Wildman–Crippen LogP) is 1.17. The van der Waals surface area contributed by atoms with E-state index in [1.165, 1.54) is 0 Å². The van der Waals surface area contributed by atoms with Gasteiger partial charge in [0.2, 0.25) is 11.9 Å². The van der Waals surface area contributed by atoms with Crippen LogP contribution in [0, 0.1) is 11.8 Å². The zero-order valence-corrected chi connectivity index (χ0v) is 12.1. The van der Waals surface area contributed by atoms with Gasteiger partial charge in [-0.1, -0.05) is 27.7 Å². The first kappa shape index (κ1) is 15.5. The van der Waals surface area contributed by atoms with Crippen LogP contribution in [-0.4, -0.2) is 27.6 Å². The van der Waals surface area contributed by atoms with Crippen LogP contribution in [0.2, 0.25) is 0 Å². The molecule has 0 saturated carbocycles. The van der Waals surface area contributed by atoms with E-state index in [1.54, 1.807) is 0 Å². The van der Waals surface area contributed by atoms with Crippen LogP contribution >= 0.6 is 0 Å². The van der Waals surface area contributed by atoms with Crippen molar-refractivity contribution in [2.24, 2.45) is 17.6 Å². The van der Waals surface area contributed by atoms with Gasteiger partial charge in [0.1, 0.15) is 0 Å². The third kappa shape index (κ3) is 3.96. The van der Waals surface area contributed by atoms with E-state index in [0.717, 1.165) is 24.2 Å². The maximum Gasteiger partial charge on any atom is 0.249 e. The first-order chi connectivity index (χ1) is 9.03. The molecule has 0 bridgehead atoms. The standard InChI is InChI=1S/C13H23N5O/c1-5-10-11(6-2)17-18-13(15-10)16-12(19)9(7-14)8(3)4/h8-9H,5-7,14H2,1-4H3,(H,15,16,18,19). The number of amides is 1. The van der Waals surface area contributed by atoms with Gasteiger partial charge in [-0.15, -0.1) is 10.2 Å². The molecular formula is C13H23N5O. The minimum Gasteiger partial charge on any atom is -0.330 e. The monoisotopic (exact) mass is 265 g/mol. The highest BCUT2D eigenvalue weighted by Crippen LogP contribution is 2.12. The lowest BCUT2D eigenvalue weighted by molar-refractivity contribution is -0.120. The van der Waals surface area contributed by atoms with E-state index in [9.17, 15) is 4.79 Å². The number of aromatic nitrogens is 3. The molecule has 1 atom stereocenters. The van der Waals surface area contributed by atoms with Gasteiger partial charge < -0.3 is 5.73 Å². The van der Waals surface area contributed by atoms with Crippen molar-refractivity contribution in [2.45, 2.75) is 40.5 Å². The lowest BCUT2D eigenvalue weighted by Crippen LogP contribution is -2.33. The summed E-state index contributed by atoms with van der Waals surface area (Å²) in [6.07, 6.45) is 1.56. The highest BCUT2D eigenvalue weighted by molar-refractivity contribution is 5.91. The topological polar surface area (TPSA) is 93.8 Å². The molecule has 6 heteroatoms. The van der Waals surface area contributed by atoms with Crippen LogP contribution in [0.1, 0.15) is 39.1 Å². The molecule has 0 saturated heterocycles. The minimum absolute atomic E-state index is 0.148. The molecule has 6 nitrogen and oxygen atoms in total. The molecular weight excluding hydrogens is 242 g/mol. The average Bonchev–Trinajstić information content (AvgIpc) is 2.38. The van der Waals surface area contributed by atoms with E-state index >= 15 is 0 Å². The van der Waals surface area contributed by atoms with Gasteiger partial charge in [0.05, 0.1) is 17.3 Å². The highest BCUT2D eigenvalue weighted by atomic mass is 16.2. The fourth-order valence-electron chi connectivity index (χ4n) is 1.88. The van der Waals surface area contributed by atoms with Crippen LogP contribution in [-0.2, 0) is 17.6 Å². The lowest BCUT2D eigenvalue weighted by Gasteiger charge is -2.17. The Morgan fingerprint density at radius 2 is 1.84 bits per heavy atom. The van der Waals surface area contributed by atoms with E-state index in [4.69, 9.17) is 5.73 Å². The zero-order chi connectivity index (χ0) is 14.4. The van der Waals surface area contributed by atoms with Gasteiger partial charge in [0.25, 0.3) is 0 Å². The number of aryl methyl sites for hydroxylation is 2. The van der Waals surface area contributed by atoms with Gasteiger partial charge in [-0.2, -0.15) is 0 Å². The number of hydrogen-bond acceptors (Lipinski definition) is 5. The Morgan fingerprint density at radius 1 is 1.21 bits per heavy atom. The Kier molecular flexibility index (Phi) is 5.82. The number of carbonyl (C=O) groups excluding carboxylic acids is 1. The first-order valence-electron chi connectivity index (χ1n) is 6.76. The fraction of sp³-hybridized carbons (Fsp3) is 0.692. The van der Waals surface area contributed by atoms with Gasteiger partial charge in [0, 0.05) is 6.54 Å². The number of nitrogens with one attached hydrogen (secondary N) is 1. The van der Waals surface area contributed by atoms with E-state index < -0.39 is 0 Å². The van der Waals surface area contributed by atoms with Crippen molar-refractivity contribution in [3.8, 4) is 0 Å². The lowest BCUT2D eigenvalue weighted by atomic mass is 9.95. The number of carbonyl (C=O) groups is 1. The molecule has 19 heavy (non-hydrogen) atoms. The molecule has 1 unspecified atom stereocenters. The first-order valence-corrected chi connectivity index (χ1v) is 6.76. The Morgan fingerprint density at radius 3 is 2.32 bits per heavy atom. The summed E-state index contributed by atoms with van der Waals surface area (Å²) in [5.41, 5.74) is 7.36. The summed E-state index contributed by atoms with van der Waals surface area (Å²) in [5.74, 6) is 0.0572. The van der Waals surface area contributed by atoms with E-state index in [2.05, 4.69) is 20.5 Å². The fourth-order valence-corrected chi connectivity index (χ4v) is 1.88. The number of rotatable bonds is 6. The van der Waals surface area contributed by atoms with Crippen molar-refractivity contribution >= 4 is 11.9 Å². The van der Waals surface area contributed by atoms with Gasteiger partial charge in [-0.05, 0) is 18.8 Å². The summed E-state index contributed by atoms with van der Waals surface area (Å²) < 4.78 is 0. The van der Waals surface area contributed by atoms with Crippen LogP contribution in [0.3, 0.4) is 0 Å². The Balaban J connectivity index is 2.85. The van der Waals surface area contributed by atoms with E-state index in [-0.39, 0.29) is 23.7 Å². The van der Waals surface area contributed by atoms with Gasteiger partial charge in [0.15, 0.2) is 0 Å². The molecule has 3 N–H and O–H groups in total. The van der Waals surface area contributed by atoms with Crippen molar-refractivity contribution in [1.29, 1.82) is 0 Å². The molecule has 0 spiro atoms. The smallest absolute Gasteiger partial charge is 0.249 e. The third-order valence-corrected chi connectivity index (χ3v) is 3.14. The molecule has 106 valence electrons. The summed E-state index contributed by atoms with van der Waals surface area (Å²) in [7, 11) is 0. The number of hydrogen-bond donors (Lipinski definition) is 2. The van der Waals surface area contributed by atoms with Gasteiger partial charge >= 0.3 is 0 Å². The second kappa shape index (κ2) is 7.13. The molecule has 1 aromatic rings. The average molecular weight is 265 g/mol. The van der Waals surface area contributed by atoms with Gasteiger partial charge in [-0.25, -0.2) is 4.98 Å². The van der Waals surface area contributed by atoms with Crippen LogP contribution < -0.4 is 11.1 Å². The molecule has 1 heterocycles. The summed E-state index contributed by atoms with van der Waals surface area (Å²) >= 11 is 0. The SMILES string of the molecule is CCc1nnc(NC(=O)C(CN)C(C)C)nc1CC. The third-order valence-electron chi connectivity index (χ3n) is 3.14. The van der Waals surface area contributed by atoms with Crippen molar-refractivity contribution in [2.75, 3.05) is 11.9 Å². The van der Waals surface area contributed by atoms with Crippen molar-refractivity contribution in [3.63, 3.8) is 0 Å². The van der Waals surface area contributed by atoms with Crippen LogP contribution in [0.15, 0.2) is 0 Å². The van der Waals surface area contributed by atoms with Crippen LogP contribution in [0.5, 0.6) is 0 Å². The maximum atomic E-state index is 12.0. The van der Waals surface area contributed by atoms with Crippen LogP contribution in [0.4, 0.5) is 5.95 Å². The number of nitrogens with two attached hydrogens (primary N) is 1. The number of nitrogens with zero attached hydrogens (tertiary/aromatic N) is 3. The summed E-state index contributed by atoms with van der Waals surface area (Å²) in [5, 5.41) is 10.7. The van der Waals surface area contributed by atoms with E-state index in [1.807, 2.05) is 27.7 Å². The van der Waals surface area contributed by atoms with E-state index in [0.29, 0.717) is 6.54 Å². The highest BCUT2D eigenvalue weighted by Gasteiger charge is 2.21. The molecule has 0 aliphatic heterocycles. The Bertz CT molecular complexity index is 433. The molecule has 0 fully saturated rings. The Labute approximate surface area is 114 Å². The summed E-state index contributed by atoms with van der Waals surface area (Å²) in [4.78, 5) is 16.4. The van der Waals surface area contributed by atoms with Crippen molar-refractivity contribution < 1.29 is 4.79 Å². The largest absolute Gasteiger partial charge is 0.330 e. The predicted molar refractivity (Wildman–Crippen MR) is 74.6 cm³/mol. The zero-order valence-electron chi connectivity index (χ0n) is 12.1. The van der Waals surface area contributed by atoms with Crippen molar-refractivity contribution in [3.05, 3.63) is 11.4 Å². The second-order valence-electron chi connectivity index (χ2n) is 4.81. The molecule has 0 radical (unpaired) electrons. The molecule has 1 rings (SSSR count). The molecule has 1 amide bonds. The summed E-state index contributed by atoms with van der Waals surface area (Å²) in [6.45, 7) is 8.25. The van der Waals surface area contributed by atoms with Gasteiger partial charge in [-0.3, -0.25) is 10.1 Å². The van der Waals surface area contributed by atoms with Crippen molar-refractivity contribution in [1.82, 2.24) is 15.2 Å². The van der Waals surface area contributed by atoms with Crippen LogP contribution in [0.25, 0.3) is 0 Å². The molecule has 0 aromatic carbocycles. The maximum absolute atomic E-state index is 12.0. The quantitative estimate of drug-likeness (QED) is 0.805. The second-order valence-corrected chi connectivity index (χ2v) is 4.81. The Hall–Kier alpha value is -1.56. The minimum atomic E-state index is -0.237. The number of anilines is 1. The summed E-state index contributed by atoms with van der Waals surface area (Å²) in [6, 6.07) is 0. The normalized spacial score (nSPS) is 12.5.